The third-order valence-corrected chi connectivity index (χ3v) is 3.61. The van der Waals surface area contributed by atoms with Gasteiger partial charge in [0.05, 0.1) is 6.61 Å². The number of hydrogen-bond acceptors (Lipinski definition) is 3. The number of likely N-dealkylation sites (tertiary alicyclic amines) is 1. The number of piperidine rings is 1. The minimum Gasteiger partial charge on any atom is -0.494 e. The van der Waals surface area contributed by atoms with Crippen molar-refractivity contribution < 1.29 is 4.74 Å². The highest BCUT2D eigenvalue weighted by Crippen LogP contribution is 2.17. The zero-order valence-electron chi connectivity index (χ0n) is 11.9. The summed E-state index contributed by atoms with van der Waals surface area (Å²) in [5.74, 6) is 0.986. The third-order valence-electron chi connectivity index (χ3n) is 3.61. The van der Waals surface area contributed by atoms with E-state index in [0.29, 0.717) is 6.04 Å². The monoisotopic (exact) mass is 284 g/mol. The largest absolute Gasteiger partial charge is 0.494 e. The summed E-state index contributed by atoms with van der Waals surface area (Å²) < 4.78 is 5.54. The molecule has 1 aromatic carbocycles. The molecule has 0 bridgehead atoms. The summed E-state index contributed by atoms with van der Waals surface area (Å²) in [6.07, 6.45) is 2.50. The molecule has 1 heterocycles. The first-order valence-electron chi connectivity index (χ1n) is 6.93. The Labute approximate surface area is 122 Å². The molecule has 0 saturated carbocycles. The molecule has 108 valence electrons. The molecule has 1 aliphatic heterocycles. The fourth-order valence-corrected chi connectivity index (χ4v) is 2.54. The lowest BCUT2D eigenvalue weighted by atomic mass is 10.0. The van der Waals surface area contributed by atoms with Crippen LogP contribution >= 0.6 is 12.4 Å². The maximum absolute atomic E-state index is 5.54. The predicted molar refractivity (Wildman–Crippen MR) is 82.2 cm³/mol. The van der Waals surface area contributed by atoms with Gasteiger partial charge in [-0.05, 0) is 57.6 Å². The molecule has 1 N–H and O–H groups in total. The number of hydrogen-bond donors (Lipinski definition) is 1. The summed E-state index contributed by atoms with van der Waals surface area (Å²) in [5, 5.41) is 3.37. The number of nitrogens with one attached hydrogen (secondary N) is 1. The predicted octanol–water partition coefficient (Wildman–Crippen LogP) is 2.69. The number of benzene rings is 1. The van der Waals surface area contributed by atoms with Crippen molar-refractivity contribution in [3.05, 3.63) is 29.8 Å². The Kier molecular flexibility index (Phi) is 7.21. The summed E-state index contributed by atoms with van der Waals surface area (Å²) in [6, 6.07) is 9.16. The fraction of sp³-hybridized carbons (Fsp3) is 0.600. The van der Waals surface area contributed by atoms with Crippen molar-refractivity contribution in [2.75, 3.05) is 26.7 Å². The van der Waals surface area contributed by atoms with Gasteiger partial charge in [-0.15, -0.1) is 12.4 Å². The maximum atomic E-state index is 5.54. The molecule has 0 aliphatic carbocycles. The molecule has 2 rings (SSSR count). The van der Waals surface area contributed by atoms with Crippen molar-refractivity contribution in [1.82, 2.24) is 10.2 Å². The van der Waals surface area contributed by atoms with Gasteiger partial charge in [0.15, 0.2) is 0 Å². The normalized spacial score (nSPS) is 16.9. The molecule has 0 spiro atoms. The summed E-state index contributed by atoms with van der Waals surface area (Å²) in [5.41, 5.74) is 1.35. The molecule has 1 saturated heterocycles. The second kappa shape index (κ2) is 8.41. The summed E-state index contributed by atoms with van der Waals surface area (Å²) in [4.78, 5) is 2.53. The molecule has 0 aromatic heterocycles. The quantitative estimate of drug-likeness (QED) is 0.900. The van der Waals surface area contributed by atoms with Crippen molar-refractivity contribution in [3.8, 4) is 5.75 Å². The van der Waals surface area contributed by atoms with E-state index in [1.165, 1.54) is 31.5 Å². The van der Waals surface area contributed by atoms with Gasteiger partial charge in [0, 0.05) is 12.6 Å². The molecule has 1 aromatic rings. The van der Waals surface area contributed by atoms with Crippen molar-refractivity contribution in [1.29, 1.82) is 0 Å². The Morgan fingerprint density at radius 1 is 1.32 bits per heavy atom. The Bertz CT molecular complexity index is 365. The highest BCUT2D eigenvalue weighted by atomic mass is 35.5. The van der Waals surface area contributed by atoms with Crippen LogP contribution in [0.4, 0.5) is 0 Å². The van der Waals surface area contributed by atoms with Crippen LogP contribution in [-0.4, -0.2) is 37.7 Å². The highest BCUT2D eigenvalue weighted by molar-refractivity contribution is 5.85. The van der Waals surface area contributed by atoms with Gasteiger partial charge in [-0.2, -0.15) is 0 Å². The SMILES string of the molecule is CCOc1cccc(CN2CCC(NC)CC2)c1.Cl. The zero-order chi connectivity index (χ0) is 12.8. The molecular weight excluding hydrogens is 260 g/mol. The molecule has 0 radical (unpaired) electrons. The molecular formula is C15H25ClN2O. The third kappa shape index (κ3) is 5.01. The van der Waals surface area contributed by atoms with E-state index in [1.54, 1.807) is 0 Å². The van der Waals surface area contributed by atoms with Crippen LogP contribution in [0, 0.1) is 0 Å². The fourth-order valence-electron chi connectivity index (χ4n) is 2.54. The first-order chi connectivity index (χ1) is 8.81. The van der Waals surface area contributed by atoms with E-state index < -0.39 is 0 Å². The second-order valence-corrected chi connectivity index (χ2v) is 4.92. The Morgan fingerprint density at radius 3 is 2.68 bits per heavy atom. The van der Waals surface area contributed by atoms with Gasteiger partial charge in [0.1, 0.15) is 5.75 Å². The van der Waals surface area contributed by atoms with Crippen LogP contribution in [0.5, 0.6) is 5.75 Å². The Hall–Kier alpha value is -0.770. The minimum atomic E-state index is 0. The molecule has 1 aliphatic rings. The van der Waals surface area contributed by atoms with E-state index in [0.717, 1.165) is 18.9 Å². The number of ether oxygens (including phenoxy) is 1. The van der Waals surface area contributed by atoms with Gasteiger partial charge in [-0.25, -0.2) is 0 Å². The second-order valence-electron chi connectivity index (χ2n) is 4.92. The molecule has 4 heteroatoms. The van der Waals surface area contributed by atoms with Crippen LogP contribution in [0.15, 0.2) is 24.3 Å². The van der Waals surface area contributed by atoms with Gasteiger partial charge in [0.2, 0.25) is 0 Å². The Balaban J connectivity index is 0.00000180. The number of nitrogens with zero attached hydrogens (tertiary/aromatic N) is 1. The van der Waals surface area contributed by atoms with Crippen LogP contribution in [0.25, 0.3) is 0 Å². The molecule has 0 amide bonds. The van der Waals surface area contributed by atoms with Gasteiger partial charge in [-0.1, -0.05) is 12.1 Å². The molecule has 1 fully saturated rings. The van der Waals surface area contributed by atoms with Crippen molar-refractivity contribution in [2.45, 2.75) is 32.4 Å². The highest BCUT2D eigenvalue weighted by Gasteiger charge is 2.17. The lowest BCUT2D eigenvalue weighted by molar-refractivity contribution is 0.194. The van der Waals surface area contributed by atoms with Crippen molar-refractivity contribution in [3.63, 3.8) is 0 Å². The van der Waals surface area contributed by atoms with E-state index in [-0.39, 0.29) is 12.4 Å². The van der Waals surface area contributed by atoms with Crippen LogP contribution in [0.3, 0.4) is 0 Å². The first-order valence-corrected chi connectivity index (χ1v) is 6.93. The zero-order valence-corrected chi connectivity index (χ0v) is 12.7. The van der Waals surface area contributed by atoms with E-state index in [2.05, 4.69) is 35.5 Å². The molecule has 0 unspecified atom stereocenters. The maximum Gasteiger partial charge on any atom is 0.119 e. The van der Waals surface area contributed by atoms with E-state index in [9.17, 15) is 0 Å². The molecule has 0 atom stereocenters. The molecule has 19 heavy (non-hydrogen) atoms. The smallest absolute Gasteiger partial charge is 0.119 e. The van der Waals surface area contributed by atoms with Crippen molar-refractivity contribution >= 4 is 12.4 Å². The van der Waals surface area contributed by atoms with E-state index in [4.69, 9.17) is 4.74 Å². The van der Waals surface area contributed by atoms with Gasteiger partial charge >= 0.3 is 0 Å². The summed E-state index contributed by atoms with van der Waals surface area (Å²) >= 11 is 0. The van der Waals surface area contributed by atoms with Crippen LogP contribution in [-0.2, 0) is 6.54 Å². The molecule has 3 nitrogen and oxygen atoms in total. The van der Waals surface area contributed by atoms with Gasteiger partial charge in [0.25, 0.3) is 0 Å². The summed E-state index contributed by atoms with van der Waals surface area (Å²) in [7, 11) is 2.06. The van der Waals surface area contributed by atoms with Crippen LogP contribution in [0.1, 0.15) is 25.3 Å². The number of rotatable bonds is 5. The van der Waals surface area contributed by atoms with Crippen molar-refractivity contribution in [2.24, 2.45) is 0 Å². The average Bonchev–Trinajstić information content (AvgIpc) is 2.40. The van der Waals surface area contributed by atoms with Crippen LogP contribution < -0.4 is 10.1 Å². The lowest BCUT2D eigenvalue weighted by Crippen LogP contribution is -2.40. The van der Waals surface area contributed by atoms with Gasteiger partial charge < -0.3 is 10.1 Å². The lowest BCUT2D eigenvalue weighted by Gasteiger charge is -2.31. The van der Waals surface area contributed by atoms with Crippen LogP contribution in [0.2, 0.25) is 0 Å². The summed E-state index contributed by atoms with van der Waals surface area (Å²) in [6.45, 7) is 6.16. The first kappa shape index (κ1) is 16.3. The number of halogens is 1. The standard InChI is InChI=1S/C15H24N2O.ClH/c1-3-18-15-6-4-5-13(11-15)12-17-9-7-14(16-2)8-10-17;/h4-6,11,14,16H,3,7-10,12H2,1-2H3;1H. The topological polar surface area (TPSA) is 24.5 Å². The Morgan fingerprint density at radius 2 is 2.05 bits per heavy atom. The van der Waals surface area contributed by atoms with Gasteiger partial charge in [-0.3, -0.25) is 4.90 Å². The van der Waals surface area contributed by atoms with E-state index >= 15 is 0 Å². The average molecular weight is 285 g/mol. The minimum absolute atomic E-state index is 0. The van der Waals surface area contributed by atoms with E-state index in [1.807, 2.05) is 13.0 Å².